The fraction of sp³-hybridized carbons (Fsp3) is 1.00. The second kappa shape index (κ2) is 3.69. The molecule has 1 aliphatic rings. The molecule has 11 heavy (non-hydrogen) atoms. The Morgan fingerprint density at radius 2 is 2.18 bits per heavy atom. The fourth-order valence-corrected chi connectivity index (χ4v) is 1.96. The number of rotatable bonds is 3. The smallest absolute Gasteiger partial charge is 0.183 e. The second-order valence-corrected chi connectivity index (χ2v) is 8.80. The Morgan fingerprint density at radius 3 is 2.64 bits per heavy atom. The maximum atomic E-state index is 5.81. The molecule has 0 radical (unpaired) electrons. The van der Waals surface area contributed by atoms with Crippen molar-refractivity contribution < 1.29 is 4.43 Å². The third kappa shape index (κ3) is 3.89. The van der Waals surface area contributed by atoms with E-state index in [0.29, 0.717) is 0 Å². The van der Waals surface area contributed by atoms with Crippen LogP contribution in [0, 0.1) is 5.92 Å². The van der Waals surface area contributed by atoms with Crippen LogP contribution in [0.3, 0.4) is 0 Å². The molecule has 0 amide bonds. The minimum atomic E-state index is -1.25. The number of hydrogen-bond acceptors (Lipinski definition) is 2. The molecule has 0 bridgehead atoms. The highest BCUT2D eigenvalue weighted by Crippen LogP contribution is 2.11. The van der Waals surface area contributed by atoms with E-state index in [0.717, 1.165) is 19.1 Å². The van der Waals surface area contributed by atoms with E-state index in [1.807, 2.05) is 0 Å². The highest BCUT2D eigenvalue weighted by molar-refractivity contribution is 6.69. The molecule has 1 atom stereocenters. The van der Waals surface area contributed by atoms with Gasteiger partial charge in [-0.25, -0.2) is 0 Å². The van der Waals surface area contributed by atoms with Crippen LogP contribution in [0.1, 0.15) is 6.42 Å². The molecule has 1 aliphatic heterocycles. The summed E-state index contributed by atoms with van der Waals surface area (Å²) < 4.78 is 5.81. The first-order chi connectivity index (χ1) is 5.08. The predicted molar refractivity (Wildman–Crippen MR) is 50.3 cm³/mol. The van der Waals surface area contributed by atoms with Gasteiger partial charge in [0.1, 0.15) is 0 Å². The van der Waals surface area contributed by atoms with Crippen LogP contribution < -0.4 is 5.32 Å². The van der Waals surface area contributed by atoms with E-state index < -0.39 is 8.32 Å². The molecule has 1 heterocycles. The lowest BCUT2D eigenvalue weighted by atomic mass is 10.1. The SMILES string of the molecule is C[Si](C)(C)OCC1CCNC1. The third-order valence-corrected chi connectivity index (χ3v) is 2.95. The summed E-state index contributed by atoms with van der Waals surface area (Å²) in [5.41, 5.74) is 0. The molecule has 1 rings (SSSR count). The molecule has 3 heteroatoms. The van der Waals surface area contributed by atoms with Crippen molar-refractivity contribution >= 4 is 8.32 Å². The normalized spacial score (nSPS) is 25.9. The zero-order valence-electron chi connectivity index (χ0n) is 7.81. The molecule has 1 N–H and O–H groups in total. The summed E-state index contributed by atoms with van der Waals surface area (Å²) in [5, 5.41) is 3.34. The summed E-state index contributed by atoms with van der Waals surface area (Å²) in [6.45, 7) is 10.0. The summed E-state index contributed by atoms with van der Waals surface area (Å²) in [6, 6.07) is 0. The van der Waals surface area contributed by atoms with Gasteiger partial charge in [0, 0.05) is 13.2 Å². The van der Waals surface area contributed by atoms with Crippen LogP contribution in [0.4, 0.5) is 0 Å². The van der Waals surface area contributed by atoms with Gasteiger partial charge in [0.2, 0.25) is 0 Å². The van der Waals surface area contributed by atoms with Gasteiger partial charge in [0.05, 0.1) is 0 Å². The van der Waals surface area contributed by atoms with Crippen LogP contribution in [-0.2, 0) is 4.43 Å². The minimum Gasteiger partial charge on any atom is -0.417 e. The Morgan fingerprint density at radius 1 is 1.45 bits per heavy atom. The van der Waals surface area contributed by atoms with E-state index in [-0.39, 0.29) is 0 Å². The maximum Gasteiger partial charge on any atom is 0.183 e. The Kier molecular flexibility index (Phi) is 3.10. The Bertz CT molecular complexity index is 116. The lowest BCUT2D eigenvalue weighted by molar-refractivity contribution is 0.254. The fourth-order valence-electron chi connectivity index (χ4n) is 1.22. The van der Waals surface area contributed by atoms with Crippen molar-refractivity contribution in [2.45, 2.75) is 26.1 Å². The molecule has 66 valence electrons. The molecule has 0 spiro atoms. The highest BCUT2D eigenvalue weighted by atomic mass is 28.4. The summed E-state index contributed by atoms with van der Waals surface area (Å²) in [5.74, 6) is 0.779. The average molecular weight is 173 g/mol. The molecule has 0 aliphatic carbocycles. The van der Waals surface area contributed by atoms with Gasteiger partial charge in [0.25, 0.3) is 0 Å². The van der Waals surface area contributed by atoms with E-state index in [1.165, 1.54) is 13.0 Å². The number of nitrogens with one attached hydrogen (secondary N) is 1. The second-order valence-electron chi connectivity index (χ2n) is 4.28. The third-order valence-electron chi connectivity index (χ3n) is 1.91. The average Bonchev–Trinajstić information content (AvgIpc) is 2.32. The monoisotopic (exact) mass is 173 g/mol. The van der Waals surface area contributed by atoms with Crippen molar-refractivity contribution in [2.24, 2.45) is 5.92 Å². The quantitative estimate of drug-likeness (QED) is 0.652. The molecule has 1 saturated heterocycles. The van der Waals surface area contributed by atoms with Gasteiger partial charge in [-0.1, -0.05) is 0 Å². The van der Waals surface area contributed by atoms with E-state index in [4.69, 9.17) is 4.43 Å². The highest BCUT2D eigenvalue weighted by Gasteiger charge is 2.19. The van der Waals surface area contributed by atoms with Crippen LogP contribution in [-0.4, -0.2) is 28.0 Å². The van der Waals surface area contributed by atoms with Crippen molar-refractivity contribution in [3.05, 3.63) is 0 Å². The largest absolute Gasteiger partial charge is 0.417 e. The Balaban J connectivity index is 2.11. The molecule has 1 fully saturated rings. The Hall–Kier alpha value is 0.137. The van der Waals surface area contributed by atoms with Crippen LogP contribution in [0.2, 0.25) is 19.6 Å². The zero-order chi connectivity index (χ0) is 8.32. The van der Waals surface area contributed by atoms with Gasteiger partial charge in [0.15, 0.2) is 8.32 Å². The van der Waals surface area contributed by atoms with E-state index >= 15 is 0 Å². The van der Waals surface area contributed by atoms with Gasteiger partial charge in [-0.05, 0) is 38.5 Å². The van der Waals surface area contributed by atoms with Crippen molar-refractivity contribution in [1.82, 2.24) is 5.32 Å². The molecule has 2 nitrogen and oxygen atoms in total. The maximum absolute atomic E-state index is 5.81. The van der Waals surface area contributed by atoms with Crippen LogP contribution >= 0.6 is 0 Å². The van der Waals surface area contributed by atoms with Crippen molar-refractivity contribution in [3.8, 4) is 0 Å². The molecule has 1 unspecified atom stereocenters. The van der Waals surface area contributed by atoms with Gasteiger partial charge in [-0.3, -0.25) is 0 Å². The van der Waals surface area contributed by atoms with E-state index in [1.54, 1.807) is 0 Å². The minimum absolute atomic E-state index is 0.779. The summed E-state index contributed by atoms with van der Waals surface area (Å²) in [6.07, 6.45) is 1.30. The van der Waals surface area contributed by atoms with Crippen molar-refractivity contribution in [3.63, 3.8) is 0 Å². The standard InChI is InChI=1S/C8H19NOSi/c1-11(2,3)10-7-8-4-5-9-6-8/h8-9H,4-7H2,1-3H3. The molecule has 0 aromatic rings. The Labute approximate surface area is 70.5 Å². The van der Waals surface area contributed by atoms with Gasteiger partial charge >= 0.3 is 0 Å². The lowest BCUT2D eigenvalue weighted by Gasteiger charge is -2.19. The van der Waals surface area contributed by atoms with Crippen LogP contribution in [0.5, 0.6) is 0 Å². The number of hydrogen-bond donors (Lipinski definition) is 1. The van der Waals surface area contributed by atoms with Gasteiger partial charge in [-0.15, -0.1) is 0 Å². The first-order valence-electron chi connectivity index (χ1n) is 4.42. The van der Waals surface area contributed by atoms with Gasteiger partial charge < -0.3 is 9.74 Å². The zero-order valence-corrected chi connectivity index (χ0v) is 8.81. The van der Waals surface area contributed by atoms with Crippen LogP contribution in [0.15, 0.2) is 0 Å². The molecular weight excluding hydrogens is 154 g/mol. The van der Waals surface area contributed by atoms with E-state index in [2.05, 4.69) is 25.0 Å². The van der Waals surface area contributed by atoms with E-state index in [9.17, 15) is 0 Å². The molecule has 0 aromatic heterocycles. The topological polar surface area (TPSA) is 21.3 Å². The molecular formula is C8H19NOSi. The summed E-state index contributed by atoms with van der Waals surface area (Å²) >= 11 is 0. The molecule has 0 aromatic carbocycles. The molecule has 0 saturated carbocycles. The van der Waals surface area contributed by atoms with Gasteiger partial charge in [-0.2, -0.15) is 0 Å². The predicted octanol–water partition coefficient (Wildman–Crippen LogP) is 1.45. The van der Waals surface area contributed by atoms with Crippen molar-refractivity contribution in [2.75, 3.05) is 19.7 Å². The van der Waals surface area contributed by atoms with Crippen molar-refractivity contribution in [1.29, 1.82) is 0 Å². The lowest BCUT2D eigenvalue weighted by Crippen LogP contribution is -2.29. The van der Waals surface area contributed by atoms with Crippen LogP contribution in [0.25, 0.3) is 0 Å². The first kappa shape index (κ1) is 9.23. The summed E-state index contributed by atoms with van der Waals surface area (Å²) in [4.78, 5) is 0. The first-order valence-corrected chi connectivity index (χ1v) is 7.83. The summed E-state index contributed by atoms with van der Waals surface area (Å²) in [7, 11) is -1.25.